The van der Waals surface area contributed by atoms with E-state index in [0.29, 0.717) is 38.7 Å². The topological polar surface area (TPSA) is 100 Å². The SMILES string of the molecule is CC.CC.CNc1nc(N2CC[C@H](C)C2)nc2c(F)c(-c3c(F)ccc4sc(N)c(C#N)c34)c3c(c12)COC3. The fourth-order valence-corrected chi connectivity index (χ4v) is 6.19. The first-order valence-corrected chi connectivity index (χ1v) is 14.2. The smallest absolute Gasteiger partial charge is 0.228 e. The van der Waals surface area contributed by atoms with Crippen molar-refractivity contribution >= 4 is 49.1 Å². The van der Waals surface area contributed by atoms with Crippen LogP contribution >= 0.6 is 11.3 Å². The third-order valence-corrected chi connectivity index (χ3v) is 7.91. The first kappa shape index (κ1) is 28.5. The molecule has 2 aromatic carbocycles. The number of nitrogens with one attached hydrogen (secondary N) is 1. The van der Waals surface area contributed by atoms with Crippen LogP contribution in [0.4, 0.5) is 25.5 Å². The van der Waals surface area contributed by atoms with E-state index in [1.54, 1.807) is 13.1 Å². The van der Waals surface area contributed by atoms with Gasteiger partial charge >= 0.3 is 0 Å². The largest absolute Gasteiger partial charge is 0.389 e. The maximum Gasteiger partial charge on any atom is 0.228 e. The number of anilines is 3. The molecule has 7 nitrogen and oxygen atoms in total. The Morgan fingerprint density at radius 3 is 2.46 bits per heavy atom. The van der Waals surface area contributed by atoms with Crippen molar-refractivity contribution in [2.75, 3.05) is 36.1 Å². The fourth-order valence-electron chi connectivity index (χ4n) is 5.26. The Bertz CT molecular complexity index is 1580. The molecule has 1 saturated heterocycles. The van der Waals surface area contributed by atoms with Crippen molar-refractivity contribution in [3.05, 3.63) is 40.5 Å². The van der Waals surface area contributed by atoms with Gasteiger partial charge in [0.05, 0.1) is 24.2 Å². The molecule has 4 heterocycles. The van der Waals surface area contributed by atoms with Crippen LogP contribution in [0.5, 0.6) is 0 Å². The summed E-state index contributed by atoms with van der Waals surface area (Å²) >= 11 is 1.18. The van der Waals surface area contributed by atoms with E-state index in [1.807, 2.05) is 32.6 Å². The molecule has 0 amide bonds. The average molecular weight is 553 g/mol. The molecule has 0 radical (unpaired) electrons. The standard InChI is InChI=1S/C25H22F2N6OS.2C2H6/c1-11-5-6-33(8-11)25-31-22-19(24(30-2)32-25)14-10-34-9-13(14)18(21(22)27)20-15(26)3-4-16-17(20)12(7-28)23(29)35-16;2*1-2/h3-4,11H,5-6,8-10,29H2,1-2H3,(H,30,31,32);2*1-2H3/t11-;;/m0../s1. The lowest BCUT2D eigenvalue weighted by atomic mass is 9.90. The van der Waals surface area contributed by atoms with Gasteiger partial charge in [0, 0.05) is 41.4 Å². The lowest BCUT2D eigenvalue weighted by molar-refractivity contribution is 0.135. The molecule has 2 aromatic heterocycles. The molecule has 0 saturated carbocycles. The van der Waals surface area contributed by atoms with E-state index in [4.69, 9.17) is 15.5 Å². The quantitative estimate of drug-likeness (QED) is 0.277. The second-order valence-corrected chi connectivity index (χ2v) is 10.2. The number of nitriles is 1. The predicted octanol–water partition coefficient (Wildman–Crippen LogP) is 7.21. The number of nitrogens with two attached hydrogens (primary N) is 1. The van der Waals surface area contributed by atoms with E-state index in [-0.39, 0.29) is 40.4 Å². The van der Waals surface area contributed by atoms with E-state index in [2.05, 4.69) is 23.3 Å². The highest BCUT2D eigenvalue weighted by atomic mass is 32.1. The number of halogens is 2. The molecule has 0 spiro atoms. The van der Waals surface area contributed by atoms with Crippen molar-refractivity contribution in [3.63, 3.8) is 0 Å². The zero-order valence-corrected chi connectivity index (χ0v) is 24.0. The summed E-state index contributed by atoms with van der Waals surface area (Å²) in [4.78, 5) is 11.4. The molecule has 0 aliphatic carbocycles. The Balaban J connectivity index is 0.000000845. The van der Waals surface area contributed by atoms with Crippen molar-refractivity contribution < 1.29 is 13.5 Å². The number of nitrogens with zero attached hydrogens (tertiary/aromatic N) is 4. The van der Waals surface area contributed by atoms with Crippen LogP contribution in [0.3, 0.4) is 0 Å². The second-order valence-electron chi connectivity index (χ2n) is 9.07. The van der Waals surface area contributed by atoms with Gasteiger partial charge in [0.1, 0.15) is 28.2 Å². The number of thiophene rings is 1. The number of hydrogen-bond acceptors (Lipinski definition) is 8. The average Bonchev–Trinajstić information content (AvgIpc) is 3.69. The summed E-state index contributed by atoms with van der Waals surface area (Å²) in [5, 5.41) is 14.0. The van der Waals surface area contributed by atoms with Crippen molar-refractivity contribution in [3.8, 4) is 17.2 Å². The second kappa shape index (κ2) is 11.7. The Hall–Kier alpha value is -3.55. The monoisotopic (exact) mass is 552 g/mol. The molecule has 3 N–H and O–H groups in total. The summed E-state index contributed by atoms with van der Waals surface area (Å²) in [7, 11) is 1.74. The van der Waals surface area contributed by atoms with Crippen LogP contribution in [0.25, 0.3) is 32.1 Å². The lowest BCUT2D eigenvalue weighted by Gasteiger charge is -2.20. The van der Waals surface area contributed by atoms with Gasteiger partial charge in [-0.1, -0.05) is 34.6 Å². The first-order valence-electron chi connectivity index (χ1n) is 13.4. The van der Waals surface area contributed by atoms with Gasteiger partial charge in [-0.25, -0.2) is 13.8 Å². The zero-order valence-electron chi connectivity index (χ0n) is 23.2. The van der Waals surface area contributed by atoms with E-state index >= 15 is 8.78 Å². The van der Waals surface area contributed by atoms with Gasteiger partial charge < -0.3 is 20.7 Å². The van der Waals surface area contributed by atoms with Crippen molar-refractivity contribution in [2.24, 2.45) is 5.92 Å². The minimum absolute atomic E-state index is 0.0223. The molecule has 10 heteroatoms. The third kappa shape index (κ3) is 4.64. The van der Waals surface area contributed by atoms with Crippen LogP contribution in [0.1, 0.15) is 57.7 Å². The summed E-state index contributed by atoms with van der Waals surface area (Å²) in [6, 6.07) is 4.93. The van der Waals surface area contributed by atoms with Crippen LogP contribution in [0.2, 0.25) is 0 Å². The van der Waals surface area contributed by atoms with Gasteiger partial charge in [0.15, 0.2) is 5.82 Å². The van der Waals surface area contributed by atoms with Crippen molar-refractivity contribution in [1.82, 2.24) is 9.97 Å². The molecule has 2 aliphatic rings. The number of rotatable bonds is 3. The molecular weight excluding hydrogens is 518 g/mol. The van der Waals surface area contributed by atoms with Gasteiger partial charge in [-0.15, -0.1) is 11.3 Å². The van der Waals surface area contributed by atoms with Gasteiger partial charge in [-0.05, 0) is 35.6 Å². The van der Waals surface area contributed by atoms with E-state index in [0.717, 1.165) is 25.1 Å². The molecule has 6 rings (SSSR count). The fraction of sp³-hybridized carbons (Fsp3) is 0.414. The number of aromatic nitrogens is 2. The van der Waals surface area contributed by atoms with Crippen LogP contribution in [-0.2, 0) is 18.0 Å². The van der Waals surface area contributed by atoms with Gasteiger partial charge in [0.25, 0.3) is 0 Å². The molecular formula is C29H34F2N6OS. The summed E-state index contributed by atoms with van der Waals surface area (Å²) in [6.45, 7) is 12.1. The molecule has 1 fully saturated rings. The van der Waals surface area contributed by atoms with Crippen LogP contribution in [0, 0.1) is 28.9 Å². The Morgan fingerprint density at radius 2 is 1.82 bits per heavy atom. The Kier molecular flexibility index (Phi) is 8.52. The number of ether oxygens (including phenoxy) is 1. The molecule has 0 bridgehead atoms. The molecule has 2 aliphatic heterocycles. The van der Waals surface area contributed by atoms with Gasteiger partial charge in [-0.3, -0.25) is 0 Å². The summed E-state index contributed by atoms with van der Waals surface area (Å²) < 4.78 is 38.4. The highest BCUT2D eigenvalue weighted by Gasteiger charge is 2.32. The molecule has 39 heavy (non-hydrogen) atoms. The Morgan fingerprint density at radius 1 is 1.10 bits per heavy atom. The maximum absolute atomic E-state index is 16.6. The van der Waals surface area contributed by atoms with E-state index in [9.17, 15) is 5.26 Å². The molecule has 4 aromatic rings. The molecule has 1 atom stereocenters. The predicted molar refractivity (Wildman–Crippen MR) is 156 cm³/mol. The van der Waals surface area contributed by atoms with Crippen molar-refractivity contribution in [2.45, 2.75) is 54.3 Å². The molecule has 206 valence electrons. The lowest BCUT2D eigenvalue weighted by Crippen LogP contribution is -2.22. The van der Waals surface area contributed by atoms with Crippen molar-refractivity contribution in [1.29, 1.82) is 5.26 Å². The number of benzene rings is 2. The van der Waals surface area contributed by atoms with E-state index in [1.165, 1.54) is 17.4 Å². The minimum Gasteiger partial charge on any atom is -0.389 e. The highest BCUT2D eigenvalue weighted by molar-refractivity contribution is 7.23. The number of fused-ring (bicyclic) bond motifs is 4. The van der Waals surface area contributed by atoms with Gasteiger partial charge in [0.2, 0.25) is 5.95 Å². The number of hydrogen-bond donors (Lipinski definition) is 2. The summed E-state index contributed by atoms with van der Waals surface area (Å²) in [6.07, 6.45) is 1.01. The van der Waals surface area contributed by atoms with Crippen LogP contribution < -0.4 is 16.0 Å². The van der Waals surface area contributed by atoms with Crippen LogP contribution in [0.15, 0.2) is 12.1 Å². The Labute approximate surface area is 231 Å². The van der Waals surface area contributed by atoms with E-state index < -0.39 is 11.6 Å². The summed E-state index contributed by atoms with van der Waals surface area (Å²) in [5.41, 5.74) is 7.68. The van der Waals surface area contributed by atoms with Gasteiger partial charge in [-0.2, -0.15) is 10.2 Å². The molecule has 0 unspecified atom stereocenters. The third-order valence-electron chi connectivity index (χ3n) is 6.92. The first-order chi connectivity index (χ1) is 18.9. The zero-order chi connectivity index (χ0) is 28.4. The normalized spacial score (nSPS) is 15.9. The van der Waals surface area contributed by atoms with Crippen LogP contribution in [-0.4, -0.2) is 30.1 Å². The maximum atomic E-state index is 16.6. The minimum atomic E-state index is -0.656. The highest BCUT2D eigenvalue weighted by Crippen LogP contribution is 2.47. The summed E-state index contributed by atoms with van der Waals surface area (Å²) in [5.74, 6) is 0.146. The number of nitrogen functional groups attached to an aromatic ring is 1.